The van der Waals surface area contributed by atoms with Crippen molar-refractivity contribution < 1.29 is 31.5 Å². The predicted molar refractivity (Wildman–Crippen MR) is 128 cm³/mol. The molecular weight excluding hydrogens is 574 g/mol. The zero-order valence-corrected chi connectivity index (χ0v) is 21.0. The number of carbonyl (C=O) groups excluding carboxylic acids is 2. The zero-order chi connectivity index (χ0) is 28.7. The van der Waals surface area contributed by atoms with Gasteiger partial charge in [0.2, 0.25) is 0 Å². The molecule has 0 bridgehead atoms. The van der Waals surface area contributed by atoms with Crippen LogP contribution in [0, 0.1) is 6.92 Å². The minimum atomic E-state index is -5.88. The van der Waals surface area contributed by atoms with Gasteiger partial charge in [-0.3, -0.25) is 9.59 Å². The molecule has 0 radical (unpaired) electrons. The molecule has 2 amide bonds. The maximum absolute atomic E-state index is 13.6. The van der Waals surface area contributed by atoms with Crippen molar-refractivity contribution in [3.63, 3.8) is 0 Å². The molecule has 0 aliphatic rings. The van der Waals surface area contributed by atoms with E-state index in [1.165, 1.54) is 36.5 Å². The van der Waals surface area contributed by atoms with Crippen molar-refractivity contribution in [2.45, 2.75) is 25.6 Å². The number of halogens is 7. The van der Waals surface area contributed by atoms with Crippen LogP contribution < -0.4 is 11.1 Å². The molecule has 17 heteroatoms. The summed E-state index contributed by atoms with van der Waals surface area (Å²) in [7, 11) is 0. The molecule has 0 saturated carbocycles. The Kier molecular flexibility index (Phi) is 7.32. The van der Waals surface area contributed by atoms with Crippen molar-refractivity contribution in [2.75, 3.05) is 5.32 Å². The van der Waals surface area contributed by atoms with Crippen molar-refractivity contribution in [1.29, 1.82) is 0 Å². The number of rotatable bonds is 7. The second-order valence-corrected chi connectivity index (χ2v) is 8.92. The van der Waals surface area contributed by atoms with Gasteiger partial charge in [0.05, 0.1) is 34.7 Å². The summed E-state index contributed by atoms with van der Waals surface area (Å²) in [4.78, 5) is 29.4. The molecule has 0 fully saturated rings. The van der Waals surface area contributed by atoms with E-state index in [4.69, 9.17) is 28.9 Å². The number of nitrogens with two attached hydrogens (primary N) is 1. The first kappa shape index (κ1) is 27.9. The highest BCUT2D eigenvalue weighted by atomic mass is 35.5. The minimum absolute atomic E-state index is 0.00130. The van der Waals surface area contributed by atoms with E-state index in [2.05, 4.69) is 25.7 Å². The summed E-state index contributed by atoms with van der Waals surface area (Å²) in [5.41, 5.74) is 4.02. The van der Waals surface area contributed by atoms with Gasteiger partial charge in [-0.2, -0.15) is 27.1 Å². The molecule has 0 aliphatic heterocycles. The van der Waals surface area contributed by atoms with Crippen molar-refractivity contribution >= 4 is 40.7 Å². The van der Waals surface area contributed by atoms with Gasteiger partial charge >= 0.3 is 12.1 Å². The standard InChI is InChI=1S/C22H15Cl2F5N8O2/c1-10-5-11(23)6-13(18(30)38)17(10)32-20(39)15-7-12(34-37(15)19-14(24)3-2-4-31-19)8-36-9-16(33-35-36)21(25,26)22(27,28)29/h2-7,9H,8H2,1H3,(H2,30,38)(H,32,39). The topological polar surface area (TPSA) is 134 Å². The first-order chi connectivity index (χ1) is 18.2. The Morgan fingerprint density at radius 3 is 2.49 bits per heavy atom. The van der Waals surface area contributed by atoms with Crippen LogP contribution in [0.1, 0.15) is 37.8 Å². The molecule has 10 nitrogen and oxygen atoms in total. The maximum Gasteiger partial charge on any atom is 0.459 e. The van der Waals surface area contributed by atoms with Crippen LogP contribution >= 0.6 is 23.2 Å². The first-order valence-electron chi connectivity index (χ1n) is 10.7. The van der Waals surface area contributed by atoms with Crippen LogP contribution in [-0.2, 0) is 12.5 Å². The number of amides is 2. The number of primary amides is 1. The average Bonchev–Trinajstić information content (AvgIpc) is 3.48. The number of pyridine rings is 1. The summed E-state index contributed by atoms with van der Waals surface area (Å²) in [6.45, 7) is 1.12. The van der Waals surface area contributed by atoms with Crippen LogP contribution in [-0.4, -0.2) is 47.7 Å². The van der Waals surface area contributed by atoms with Crippen LogP contribution in [0.5, 0.6) is 0 Å². The lowest BCUT2D eigenvalue weighted by molar-refractivity contribution is -0.291. The van der Waals surface area contributed by atoms with Crippen LogP contribution in [0.2, 0.25) is 10.0 Å². The van der Waals surface area contributed by atoms with Crippen molar-refractivity contribution in [3.05, 3.63) is 81.0 Å². The largest absolute Gasteiger partial charge is 0.459 e. The van der Waals surface area contributed by atoms with Crippen molar-refractivity contribution in [1.82, 2.24) is 29.8 Å². The quantitative estimate of drug-likeness (QED) is 0.305. The molecular formula is C22H15Cl2F5N8O2. The molecule has 3 aromatic heterocycles. The average molecular weight is 589 g/mol. The van der Waals surface area contributed by atoms with Gasteiger partial charge in [0, 0.05) is 11.2 Å². The molecule has 0 spiro atoms. The summed E-state index contributed by atoms with van der Waals surface area (Å²) >= 11 is 12.2. The minimum Gasteiger partial charge on any atom is -0.366 e. The Bertz CT molecular complexity index is 1580. The van der Waals surface area contributed by atoms with Gasteiger partial charge in [0.15, 0.2) is 11.5 Å². The summed E-state index contributed by atoms with van der Waals surface area (Å²) < 4.78 is 67.1. The molecule has 204 valence electrons. The maximum atomic E-state index is 13.6. The van der Waals surface area contributed by atoms with Crippen LogP contribution in [0.15, 0.2) is 42.7 Å². The Labute approximate surface area is 225 Å². The van der Waals surface area contributed by atoms with Crippen LogP contribution in [0.25, 0.3) is 5.82 Å². The fourth-order valence-electron chi connectivity index (χ4n) is 3.48. The summed E-state index contributed by atoms with van der Waals surface area (Å²) in [5, 5.41) is 13.3. The molecule has 4 rings (SSSR count). The SMILES string of the molecule is Cc1cc(Cl)cc(C(N)=O)c1NC(=O)c1cc(Cn2cc(C(F)(F)C(F)(F)F)nn2)nn1-c1ncccc1Cl. The highest BCUT2D eigenvalue weighted by Crippen LogP contribution is 2.42. The molecule has 0 atom stereocenters. The van der Waals surface area contributed by atoms with E-state index < -0.39 is 36.2 Å². The number of alkyl halides is 5. The first-order valence-corrected chi connectivity index (χ1v) is 11.4. The number of carbonyl (C=O) groups is 2. The smallest absolute Gasteiger partial charge is 0.366 e. The Morgan fingerprint density at radius 1 is 1.13 bits per heavy atom. The molecule has 0 unspecified atom stereocenters. The second kappa shape index (κ2) is 10.2. The third-order valence-corrected chi connectivity index (χ3v) is 5.79. The van der Waals surface area contributed by atoms with E-state index >= 15 is 0 Å². The van der Waals surface area contributed by atoms with E-state index in [-0.39, 0.29) is 38.5 Å². The number of nitrogens with one attached hydrogen (secondary N) is 1. The van der Waals surface area contributed by atoms with Crippen LogP contribution in [0.3, 0.4) is 0 Å². The van der Waals surface area contributed by atoms with E-state index in [0.717, 1.165) is 4.68 Å². The molecule has 1 aromatic carbocycles. The van der Waals surface area contributed by atoms with Gasteiger partial charge in [0.25, 0.3) is 11.8 Å². The normalized spacial score (nSPS) is 12.0. The van der Waals surface area contributed by atoms with E-state index in [9.17, 15) is 31.5 Å². The van der Waals surface area contributed by atoms with Gasteiger partial charge in [0.1, 0.15) is 5.69 Å². The lowest BCUT2D eigenvalue weighted by atomic mass is 10.1. The Morgan fingerprint density at radius 2 is 1.85 bits per heavy atom. The molecule has 0 aliphatic carbocycles. The third kappa shape index (κ3) is 5.54. The van der Waals surface area contributed by atoms with Gasteiger partial charge in [-0.1, -0.05) is 28.4 Å². The molecule has 0 saturated heterocycles. The number of hydrogen-bond acceptors (Lipinski definition) is 6. The highest BCUT2D eigenvalue weighted by molar-refractivity contribution is 6.32. The lowest BCUT2D eigenvalue weighted by Gasteiger charge is -2.16. The number of benzene rings is 1. The fourth-order valence-corrected chi connectivity index (χ4v) is 3.95. The van der Waals surface area contributed by atoms with Gasteiger partial charge in [-0.15, -0.1) is 5.10 Å². The van der Waals surface area contributed by atoms with Gasteiger partial charge < -0.3 is 11.1 Å². The Hall–Kier alpha value is -4.11. The second-order valence-electron chi connectivity index (χ2n) is 8.08. The zero-order valence-electron chi connectivity index (χ0n) is 19.5. The lowest BCUT2D eigenvalue weighted by Crippen LogP contribution is -2.34. The molecule has 4 aromatic rings. The third-order valence-electron chi connectivity index (χ3n) is 5.28. The Balaban J connectivity index is 1.74. The number of nitrogens with zero attached hydrogens (tertiary/aromatic N) is 6. The summed E-state index contributed by atoms with van der Waals surface area (Å²) in [6, 6.07) is 6.94. The van der Waals surface area contributed by atoms with E-state index in [0.29, 0.717) is 16.4 Å². The van der Waals surface area contributed by atoms with Crippen molar-refractivity contribution in [3.8, 4) is 5.82 Å². The summed E-state index contributed by atoms with van der Waals surface area (Å²) in [5.74, 6) is -6.91. The summed E-state index contributed by atoms with van der Waals surface area (Å²) in [6.07, 6.45) is -4.10. The van der Waals surface area contributed by atoms with Crippen molar-refractivity contribution in [2.24, 2.45) is 5.73 Å². The number of aryl methyl sites for hydroxylation is 1. The van der Waals surface area contributed by atoms with E-state index in [1.54, 1.807) is 6.92 Å². The van der Waals surface area contributed by atoms with Gasteiger partial charge in [-0.25, -0.2) is 14.3 Å². The predicted octanol–water partition coefficient (Wildman–Crippen LogP) is 4.53. The molecule has 3 heterocycles. The highest BCUT2D eigenvalue weighted by Gasteiger charge is 2.60. The van der Waals surface area contributed by atoms with E-state index in [1.807, 2.05) is 0 Å². The number of anilines is 1. The monoisotopic (exact) mass is 588 g/mol. The number of aromatic nitrogens is 6. The fraction of sp³-hybridized carbons (Fsp3) is 0.182. The van der Waals surface area contributed by atoms with Gasteiger partial charge in [-0.05, 0) is 42.8 Å². The van der Waals surface area contributed by atoms with Crippen LogP contribution in [0.4, 0.5) is 27.6 Å². The number of hydrogen-bond donors (Lipinski definition) is 2. The molecule has 3 N–H and O–H groups in total. The molecule has 39 heavy (non-hydrogen) atoms.